The first-order chi connectivity index (χ1) is 23.6. The molecule has 10 nitrogen and oxygen atoms in total. The van der Waals surface area contributed by atoms with Crippen LogP contribution in [0.5, 0.6) is 5.75 Å². The van der Waals surface area contributed by atoms with E-state index in [0.717, 1.165) is 18.6 Å². The van der Waals surface area contributed by atoms with Gasteiger partial charge in [0.15, 0.2) is 5.60 Å². The number of H-pyrrole nitrogens is 1. The second kappa shape index (κ2) is 12.5. The van der Waals surface area contributed by atoms with Crippen molar-refractivity contribution in [2.75, 3.05) is 31.7 Å². The Labute approximate surface area is 286 Å². The molecule has 11 heteroatoms. The molecule has 3 aliphatic heterocycles. The second-order valence-corrected chi connectivity index (χ2v) is 18.8. The van der Waals surface area contributed by atoms with Crippen molar-refractivity contribution in [2.45, 2.75) is 62.6 Å². The lowest BCUT2D eigenvalue weighted by molar-refractivity contribution is -0.149. The summed E-state index contributed by atoms with van der Waals surface area (Å²) in [6.45, 7) is 11.4. The standard InChI is InChI=1S/C38H44N4O6Si/c1-6-19-41-32-18-13-25(42-36(45)29-11-7-8-12-31(29)39-42)21-30(32)38(37(41)46)24(2)35(49(4,5)28-16-14-27(47-3)15-17-28)33(48-38)22-34(44)40-20-9-10-26(40)23-43/h6-8,11-18,21,24,26,33,35,39,43H,1,9-10,19-20,22-23H2,2-5H3/t24-,26+,33+,35-,38+/m1/s1. The predicted molar refractivity (Wildman–Crippen MR) is 192 cm³/mol. The Kier molecular flexibility index (Phi) is 8.41. The van der Waals surface area contributed by atoms with Crippen molar-refractivity contribution in [1.29, 1.82) is 0 Å². The first-order valence-electron chi connectivity index (χ1n) is 17.1. The number of para-hydroxylation sites is 1. The molecule has 0 aliphatic carbocycles. The van der Waals surface area contributed by atoms with Gasteiger partial charge in [-0.3, -0.25) is 19.5 Å². The Morgan fingerprint density at radius 3 is 2.59 bits per heavy atom. The van der Waals surface area contributed by atoms with Gasteiger partial charge in [-0.1, -0.05) is 55.5 Å². The lowest BCUT2D eigenvalue weighted by Gasteiger charge is -2.37. The van der Waals surface area contributed by atoms with Crippen LogP contribution in [0.3, 0.4) is 0 Å². The number of aliphatic hydroxyl groups is 1. The maximum atomic E-state index is 14.9. The number of hydrogen-bond donors (Lipinski definition) is 2. The topological polar surface area (TPSA) is 117 Å². The number of carbonyl (C=O) groups excluding carboxylic acids is 2. The average Bonchev–Trinajstić information content (AvgIpc) is 3.85. The van der Waals surface area contributed by atoms with Crippen LogP contribution in [0.25, 0.3) is 16.6 Å². The zero-order valence-corrected chi connectivity index (χ0v) is 29.5. The van der Waals surface area contributed by atoms with Crippen molar-refractivity contribution < 1.29 is 24.2 Å². The number of likely N-dealkylation sites (tertiary alicyclic amines) is 1. The fourth-order valence-corrected chi connectivity index (χ4v) is 12.8. The van der Waals surface area contributed by atoms with E-state index in [1.54, 1.807) is 29.1 Å². The number of carbonyl (C=O) groups is 2. The van der Waals surface area contributed by atoms with Gasteiger partial charge in [-0.25, -0.2) is 4.68 Å². The van der Waals surface area contributed by atoms with Gasteiger partial charge < -0.3 is 24.4 Å². The van der Waals surface area contributed by atoms with E-state index in [2.05, 4.69) is 43.8 Å². The molecule has 1 aromatic heterocycles. The zero-order valence-electron chi connectivity index (χ0n) is 28.5. The van der Waals surface area contributed by atoms with Crippen molar-refractivity contribution in [3.8, 4) is 11.4 Å². The zero-order chi connectivity index (χ0) is 34.7. The molecule has 3 aromatic carbocycles. The molecule has 3 aliphatic rings. The summed E-state index contributed by atoms with van der Waals surface area (Å²) in [7, 11) is -0.843. The number of hydrogen-bond acceptors (Lipinski definition) is 6. The first-order valence-corrected chi connectivity index (χ1v) is 20.1. The van der Waals surface area contributed by atoms with Gasteiger partial charge in [0.2, 0.25) is 5.91 Å². The van der Waals surface area contributed by atoms with Crippen molar-refractivity contribution in [3.05, 3.63) is 95.3 Å². The molecule has 0 unspecified atom stereocenters. The highest BCUT2D eigenvalue weighted by molar-refractivity contribution is 6.91. The molecule has 2 fully saturated rings. The van der Waals surface area contributed by atoms with Crippen LogP contribution in [0.1, 0.15) is 31.7 Å². The quantitative estimate of drug-likeness (QED) is 0.199. The van der Waals surface area contributed by atoms with Gasteiger partial charge in [0.25, 0.3) is 11.5 Å². The first kappa shape index (κ1) is 33.1. The summed E-state index contributed by atoms with van der Waals surface area (Å²) in [5.74, 6) is 0.181. The van der Waals surface area contributed by atoms with Crippen LogP contribution in [-0.4, -0.2) is 78.6 Å². The fraction of sp³-hybridized carbons (Fsp3) is 0.395. The number of aromatic nitrogens is 2. The number of benzene rings is 3. The van der Waals surface area contributed by atoms with Crippen LogP contribution in [0.4, 0.5) is 5.69 Å². The highest BCUT2D eigenvalue weighted by atomic mass is 28.3. The van der Waals surface area contributed by atoms with Gasteiger partial charge in [-0.15, -0.1) is 6.58 Å². The Balaban J connectivity index is 1.37. The molecule has 4 aromatic rings. The highest BCUT2D eigenvalue weighted by Crippen LogP contribution is 2.60. The molecule has 2 amide bonds. The number of nitrogens with one attached hydrogen (secondary N) is 1. The Morgan fingerprint density at radius 1 is 1.14 bits per heavy atom. The molecule has 4 heterocycles. The lowest BCUT2D eigenvalue weighted by atomic mass is 9.82. The van der Waals surface area contributed by atoms with E-state index >= 15 is 0 Å². The predicted octanol–water partition coefficient (Wildman–Crippen LogP) is 4.45. The van der Waals surface area contributed by atoms with E-state index in [1.807, 2.05) is 48.5 Å². The molecule has 7 rings (SSSR count). The normalized spacial score (nSPS) is 25.0. The van der Waals surface area contributed by atoms with Crippen molar-refractivity contribution in [3.63, 3.8) is 0 Å². The van der Waals surface area contributed by atoms with Gasteiger partial charge >= 0.3 is 0 Å². The number of ether oxygens (including phenoxy) is 2. The van der Waals surface area contributed by atoms with E-state index in [-0.39, 0.29) is 54.4 Å². The van der Waals surface area contributed by atoms with Gasteiger partial charge in [0.1, 0.15) is 5.75 Å². The molecule has 2 saturated heterocycles. The van der Waals surface area contributed by atoms with Gasteiger partial charge in [-0.2, -0.15) is 0 Å². The van der Waals surface area contributed by atoms with Gasteiger partial charge in [0, 0.05) is 24.6 Å². The molecule has 49 heavy (non-hydrogen) atoms. The molecular formula is C38H44N4O6Si. The van der Waals surface area contributed by atoms with E-state index < -0.39 is 19.8 Å². The fourth-order valence-electron chi connectivity index (χ4n) is 8.83. The van der Waals surface area contributed by atoms with E-state index in [9.17, 15) is 19.5 Å². The lowest BCUT2D eigenvalue weighted by Crippen LogP contribution is -2.52. The Morgan fingerprint density at radius 2 is 1.90 bits per heavy atom. The van der Waals surface area contributed by atoms with Crippen LogP contribution < -0.4 is 20.4 Å². The molecular weight excluding hydrogens is 637 g/mol. The van der Waals surface area contributed by atoms with Crippen LogP contribution in [0.2, 0.25) is 18.6 Å². The maximum Gasteiger partial charge on any atom is 0.279 e. The summed E-state index contributed by atoms with van der Waals surface area (Å²) in [5, 5.41) is 15.0. The van der Waals surface area contributed by atoms with Crippen LogP contribution in [0.15, 0.2) is 84.2 Å². The molecule has 1 spiro atoms. The summed E-state index contributed by atoms with van der Waals surface area (Å²) in [6, 6.07) is 20.9. The number of amides is 2. The molecule has 0 saturated carbocycles. The summed E-state index contributed by atoms with van der Waals surface area (Å²) < 4.78 is 14.1. The third kappa shape index (κ3) is 5.09. The number of nitrogens with zero attached hydrogens (tertiary/aromatic N) is 3. The minimum absolute atomic E-state index is 0.0673. The SMILES string of the molecule is C=CCN1C(=O)[C@@]2(O[C@@H](CC(=O)N3CCC[C@H]3CO)[C@H]([Si](C)(C)c3ccc(OC)cc3)[C@H]2C)c2cc(-n3[nH]c4ccccc4c3=O)ccc21. The third-order valence-corrected chi connectivity index (χ3v) is 15.6. The highest BCUT2D eigenvalue weighted by Gasteiger charge is 2.66. The molecule has 2 N–H and O–H groups in total. The van der Waals surface area contributed by atoms with Crippen LogP contribution >= 0.6 is 0 Å². The van der Waals surface area contributed by atoms with Gasteiger partial charge in [0.05, 0.1) is 62.6 Å². The number of methoxy groups -OCH3 is 1. The molecule has 5 atom stereocenters. The maximum absolute atomic E-state index is 14.9. The van der Waals surface area contributed by atoms with Crippen molar-refractivity contribution in [1.82, 2.24) is 14.7 Å². The molecule has 256 valence electrons. The van der Waals surface area contributed by atoms with Crippen LogP contribution in [-0.2, 0) is 19.9 Å². The number of rotatable bonds is 9. The van der Waals surface area contributed by atoms with E-state index in [4.69, 9.17) is 9.47 Å². The van der Waals surface area contributed by atoms with E-state index in [1.165, 1.54) is 9.87 Å². The van der Waals surface area contributed by atoms with E-state index in [0.29, 0.717) is 34.4 Å². The number of fused-ring (bicyclic) bond motifs is 3. The van der Waals surface area contributed by atoms with Gasteiger partial charge in [-0.05, 0) is 60.8 Å². The largest absolute Gasteiger partial charge is 0.497 e. The second-order valence-electron chi connectivity index (χ2n) is 14.1. The Bertz CT molecular complexity index is 1990. The van der Waals surface area contributed by atoms with Crippen molar-refractivity contribution in [2.24, 2.45) is 5.92 Å². The molecule has 0 radical (unpaired) electrons. The third-order valence-electron chi connectivity index (χ3n) is 11.3. The minimum Gasteiger partial charge on any atom is -0.497 e. The summed E-state index contributed by atoms with van der Waals surface area (Å²) in [5.41, 5.74) is 0.983. The number of anilines is 1. The monoisotopic (exact) mass is 680 g/mol. The number of aromatic amines is 1. The molecule has 0 bridgehead atoms. The van der Waals surface area contributed by atoms with Crippen molar-refractivity contribution >= 4 is 41.7 Å². The summed E-state index contributed by atoms with van der Waals surface area (Å²) in [4.78, 5) is 45.9. The average molecular weight is 681 g/mol. The Hall–Kier alpha value is -4.45. The minimum atomic E-state index is -2.49. The smallest absolute Gasteiger partial charge is 0.279 e. The number of aliphatic hydroxyl groups excluding tert-OH is 1. The summed E-state index contributed by atoms with van der Waals surface area (Å²) >= 11 is 0. The van der Waals surface area contributed by atoms with Crippen LogP contribution in [0, 0.1) is 5.92 Å². The summed E-state index contributed by atoms with van der Waals surface area (Å²) in [6.07, 6.45) is 2.85.